The first-order valence-electron chi connectivity index (χ1n) is 6.02. The van der Waals surface area contributed by atoms with Gasteiger partial charge < -0.3 is 10.2 Å². The van der Waals surface area contributed by atoms with Crippen LogP contribution in [0.15, 0.2) is 42.5 Å². The smallest absolute Gasteiger partial charge is 0.0470 e. The molecule has 0 aliphatic rings. The number of anilines is 2. The van der Waals surface area contributed by atoms with Gasteiger partial charge in [0.2, 0.25) is 0 Å². The molecule has 1 N–H and O–H groups in total. The fourth-order valence-corrected chi connectivity index (χ4v) is 2.30. The summed E-state index contributed by atoms with van der Waals surface area (Å²) in [5.74, 6) is 0. The quantitative estimate of drug-likeness (QED) is 0.881. The summed E-state index contributed by atoms with van der Waals surface area (Å²) in [6, 6.07) is 13.8. The van der Waals surface area contributed by atoms with Gasteiger partial charge in [0, 0.05) is 47.6 Å². The molecule has 2 rings (SSSR count). The monoisotopic (exact) mass is 294 g/mol. The molecule has 0 amide bonds. The van der Waals surface area contributed by atoms with E-state index >= 15 is 0 Å². The van der Waals surface area contributed by atoms with Crippen molar-refractivity contribution < 1.29 is 0 Å². The molecule has 2 aromatic rings. The van der Waals surface area contributed by atoms with Crippen molar-refractivity contribution in [2.75, 3.05) is 24.3 Å². The van der Waals surface area contributed by atoms with Crippen LogP contribution in [0.4, 0.5) is 11.4 Å². The van der Waals surface area contributed by atoms with E-state index in [0.29, 0.717) is 16.6 Å². The van der Waals surface area contributed by atoms with Crippen LogP contribution < -0.4 is 10.2 Å². The minimum atomic E-state index is 0.611. The SMILES string of the molecule is CN(C)c1ccc(NCc2c(Cl)cccc2Cl)cc1. The highest BCUT2D eigenvalue weighted by atomic mass is 35.5. The minimum absolute atomic E-state index is 0.611. The van der Waals surface area contributed by atoms with E-state index in [0.717, 1.165) is 11.3 Å². The molecule has 4 heteroatoms. The Morgan fingerprint density at radius 3 is 2.05 bits per heavy atom. The molecular weight excluding hydrogens is 279 g/mol. The van der Waals surface area contributed by atoms with Crippen molar-refractivity contribution in [2.45, 2.75) is 6.54 Å². The van der Waals surface area contributed by atoms with Crippen molar-refractivity contribution in [3.8, 4) is 0 Å². The molecule has 0 radical (unpaired) electrons. The highest BCUT2D eigenvalue weighted by Gasteiger charge is 2.05. The summed E-state index contributed by atoms with van der Waals surface area (Å²) >= 11 is 12.3. The molecule has 0 fully saturated rings. The van der Waals surface area contributed by atoms with E-state index in [1.165, 1.54) is 5.69 Å². The molecule has 19 heavy (non-hydrogen) atoms. The fraction of sp³-hybridized carbons (Fsp3) is 0.200. The molecule has 2 nitrogen and oxygen atoms in total. The molecule has 0 saturated carbocycles. The number of hydrogen-bond acceptors (Lipinski definition) is 2. The van der Waals surface area contributed by atoms with Crippen molar-refractivity contribution in [3.05, 3.63) is 58.1 Å². The Bertz CT molecular complexity index is 530. The third kappa shape index (κ3) is 3.55. The van der Waals surface area contributed by atoms with Crippen LogP contribution in [0.2, 0.25) is 10.0 Å². The van der Waals surface area contributed by atoms with Gasteiger partial charge in [-0.15, -0.1) is 0 Å². The lowest BCUT2D eigenvalue weighted by Crippen LogP contribution is -2.08. The zero-order valence-corrected chi connectivity index (χ0v) is 12.5. The zero-order valence-electron chi connectivity index (χ0n) is 11.0. The third-order valence-corrected chi connectivity index (χ3v) is 3.62. The number of nitrogens with one attached hydrogen (secondary N) is 1. The molecule has 0 bridgehead atoms. The van der Waals surface area contributed by atoms with E-state index in [4.69, 9.17) is 23.2 Å². The van der Waals surface area contributed by atoms with E-state index in [1.54, 1.807) is 0 Å². The first kappa shape index (κ1) is 14.0. The normalized spacial score (nSPS) is 10.3. The van der Waals surface area contributed by atoms with Gasteiger partial charge in [-0.1, -0.05) is 29.3 Å². The standard InChI is InChI=1S/C15H16Cl2N2/c1-19(2)12-8-6-11(7-9-12)18-10-13-14(16)4-3-5-15(13)17/h3-9,18H,10H2,1-2H3. The Morgan fingerprint density at radius 1 is 0.947 bits per heavy atom. The highest BCUT2D eigenvalue weighted by molar-refractivity contribution is 6.36. The predicted molar refractivity (Wildman–Crippen MR) is 84.6 cm³/mol. The fourth-order valence-electron chi connectivity index (χ4n) is 1.77. The largest absolute Gasteiger partial charge is 0.381 e. The van der Waals surface area contributed by atoms with E-state index < -0.39 is 0 Å². The molecule has 0 saturated heterocycles. The molecule has 0 aliphatic heterocycles. The van der Waals surface area contributed by atoms with Gasteiger partial charge in [0.25, 0.3) is 0 Å². The Hall–Kier alpha value is -1.38. The van der Waals surface area contributed by atoms with Gasteiger partial charge >= 0.3 is 0 Å². The summed E-state index contributed by atoms with van der Waals surface area (Å²) in [5, 5.41) is 4.69. The molecular formula is C15H16Cl2N2. The van der Waals surface area contributed by atoms with Gasteiger partial charge in [0.1, 0.15) is 0 Å². The van der Waals surface area contributed by atoms with Crippen molar-refractivity contribution in [3.63, 3.8) is 0 Å². The maximum absolute atomic E-state index is 6.13. The average Bonchev–Trinajstić information content (AvgIpc) is 2.38. The first-order chi connectivity index (χ1) is 9.08. The average molecular weight is 295 g/mol. The van der Waals surface area contributed by atoms with E-state index in [9.17, 15) is 0 Å². The summed E-state index contributed by atoms with van der Waals surface area (Å²) in [5.41, 5.74) is 3.13. The molecule has 0 aliphatic carbocycles. The lowest BCUT2D eigenvalue weighted by Gasteiger charge is -2.14. The maximum Gasteiger partial charge on any atom is 0.0470 e. The Labute approximate surface area is 123 Å². The van der Waals surface area contributed by atoms with Crippen LogP contribution in [0.25, 0.3) is 0 Å². The van der Waals surface area contributed by atoms with E-state index in [1.807, 2.05) is 44.4 Å². The van der Waals surface area contributed by atoms with Crippen LogP contribution in [0.3, 0.4) is 0 Å². The third-order valence-electron chi connectivity index (χ3n) is 2.91. The lowest BCUT2D eigenvalue weighted by atomic mass is 10.2. The minimum Gasteiger partial charge on any atom is -0.381 e. The topological polar surface area (TPSA) is 15.3 Å². The van der Waals surface area contributed by atoms with Gasteiger partial charge in [-0.2, -0.15) is 0 Å². The van der Waals surface area contributed by atoms with Crippen molar-refractivity contribution in [1.82, 2.24) is 0 Å². The molecule has 0 spiro atoms. The molecule has 0 atom stereocenters. The van der Waals surface area contributed by atoms with Gasteiger partial charge in [-0.05, 0) is 36.4 Å². The van der Waals surface area contributed by atoms with Crippen molar-refractivity contribution in [2.24, 2.45) is 0 Å². The second-order valence-electron chi connectivity index (χ2n) is 4.50. The van der Waals surface area contributed by atoms with E-state index in [-0.39, 0.29) is 0 Å². The second kappa shape index (κ2) is 6.18. The summed E-state index contributed by atoms with van der Waals surface area (Å²) in [6.45, 7) is 0.611. The summed E-state index contributed by atoms with van der Waals surface area (Å²) in [7, 11) is 4.04. The van der Waals surface area contributed by atoms with Gasteiger partial charge in [0.05, 0.1) is 0 Å². The first-order valence-corrected chi connectivity index (χ1v) is 6.77. The number of rotatable bonds is 4. The highest BCUT2D eigenvalue weighted by Crippen LogP contribution is 2.25. The molecule has 0 aromatic heterocycles. The summed E-state index contributed by atoms with van der Waals surface area (Å²) < 4.78 is 0. The van der Waals surface area contributed by atoms with Crippen LogP contribution in [0, 0.1) is 0 Å². The van der Waals surface area contributed by atoms with E-state index in [2.05, 4.69) is 22.3 Å². The zero-order chi connectivity index (χ0) is 13.8. The molecule has 100 valence electrons. The summed E-state index contributed by atoms with van der Waals surface area (Å²) in [4.78, 5) is 2.06. The second-order valence-corrected chi connectivity index (χ2v) is 5.31. The van der Waals surface area contributed by atoms with Gasteiger partial charge in [0.15, 0.2) is 0 Å². The molecule has 0 unspecified atom stereocenters. The van der Waals surface area contributed by atoms with Crippen molar-refractivity contribution in [1.29, 1.82) is 0 Å². The maximum atomic E-state index is 6.13. The van der Waals surface area contributed by atoms with Crippen LogP contribution in [-0.2, 0) is 6.54 Å². The number of benzene rings is 2. The van der Waals surface area contributed by atoms with Crippen LogP contribution in [-0.4, -0.2) is 14.1 Å². The Kier molecular flexibility index (Phi) is 4.56. The number of hydrogen-bond donors (Lipinski definition) is 1. The Balaban J connectivity index is 2.06. The van der Waals surface area contributed by atoms with Crippen LogP contribution in [0.1, 0.15) is 5.56 Å². The number of halogens is 2. The summed E-state index contributed by atoms with van der Waals surface area (Å²) in [6.07, 6.45) is 0. The Morgan fingerprint density at radius 2 is 1.53 bits per heavy atom. The predicted octanol–water partition coefficient (Wildman–Crippen LogP) is 4.67. The number of nitrogens with zero attached hydrogens (tertiary/aromatic N) is 1. The molecule has 0 heterocycles. The van der Waals surface area contributed by atoms with Crippen molar-refractivity contribution >= 4 is 34.6 Å². The molecule has 2 aromatic carbocycles. The van der Waals surface area contributed by atoms with Crippen LogP contribution >= 0.6 is 23.2 Å². The van der Waals surface area contributed by atoms with Crippen LogP contribution in [0.5, 0.6) is 0 Å². The van der Waals surface area contributed by atoms with Gasteiger partial charge in [-0.3, -0.25) is 0 Å². The van der Waals surface area contributed by atoms with Gasteiger partial charge in [-0.25, -0.2) is 0 Å². The lowest BCUT2D eigenvalue weighted by molar-refractivity contribution is 1.12.